The zero-order chi connectivity index (χ0) is 13.3. The summed E-state index contributed by atoms with van der Waals surface area (Å²) in [6.45, 7) is 7.64. The fraction of sp³-hybridized carbons (Fsp3) is 0.500. The quantitative estimate of drug-likeness (QED) is 0.779. The predicted octanol–water partition coefficient (Wildman–Crippen LogP) is 1.54. The fourth-order valence-corrected chi connectivity index (χ4v) is 2.55. The Kier molecular flexibility index (Phi) is 3.30. The lowest BCUT2D eigenvalue weighted by Gasteiger charge is -2.44. The highest BCUT2D eigenvalue weighted by Gasteiger charge is 2.40. The number of carbonyl (C=O) groups is 1. The maximum absolute atomic E-state index is 11.9. The van der Waals surface area contributed by atoms with Crippen molar-refractivity contribution in [1.29, 1.82) is 0 Å². The summed E-state index contributed by atoms with van der Waals surface area (Å²) in [5, 5.41) is 2.92. The number of nitrogen functional groups attached to an aromatic ring is 1. The first-order valence-electron chi connectivity index (χ1n) is 6.33. The van der Waals surface area contributed by atoms with Gasteiger partial charge in [-0.05, 0) is 38.5 Å². The van der Waals surface area contributed by atoms with Gasteiger partial charge in [0.05, 0.1) is 5.54 Å². The molecule has 1 unspecified atom stereocenters. The molecule has 1 aliphatic rings. The normalized spacial score (nSPS) is 21.4. The van der Waals surface area contributed by atoms with Gasteiger partial charge in [0, 0.05) is 24.8 Å². The molecule has 1 saturated heterocycles. The zero-order valence-electron chi connectivity index (χ0n) is 11.2. The summed E-state index contributed by atoms with van der Waals surface area (Å²) in [6, 6.07) is 8.07. The van der Waals surface area contributed by atoms with Gasteiger partial charge >= 0.3 is 0 Å². The van der Waals surface area contributed by atoms with Crippen molar-refractivity contribution in [3.8, 4) is 0 Å². The number of hydrogen-bond donors (Lipinski definition) is 2. The van der Waals surface area contributed by atoms with E-state index >= 15 is 0 Å². The van der Waals surface area contributed by atoms with Crippen LogP contribution in [0.15, 0.2) is 24.3 Å². The van der Waals surface area contributed by atoms with E-state index in [1.165, 1.54) is 5.56 Å². The summed E-state index contributed by atoms with van der Waals surface area (Å²) in [5.74, 6) is 0.0936. The molecule has 1 fully saturated rings. The lowest BCUT2D eigenvalue weighted by molar-refractivity contribution is -0.136. The highest BCUT2D eigenvalue weighted by atomic mass is 16.2. The van der Waals surface area contributed by atoms with Gasteiger partial charge in [0.2, 0.25) is 5.91 Å². The topological polar surface area (TPSA) is 58.4 Å². The number of nitrogens with two attached hydrogens (primary N) is 1. The Morgan fingerprint density at radius 1 is 1.33 bits per heavy atom. The Morgan fingerprint density at radius 2 is 1.94 bits per heavy atom. The van der Waals surface area contributed by atoms with Crippen molar-refractivity contribution in [3.05, 3.63) is 29.8 Å². The first kappa shape index (κ1) is 12.9. The Morgan fingerprint density at radius 3 is 2.56 bits per heavy atom. The molecule has 18 heavy (non-hydrogen) atoms. The van der Waals surface area contributed by atoms with E-state index < -0.39 is 5.54 Å². The second-order valence-corrected chi connectivity index (χ2v) is 5.35. The SMILES string of the molecule is CC(c1ccc(N)cc1)N1CCNC(=O)C1(C)C. The maximum Gasteiger partial charge on any atom is 0.240 e. The molecule has 1 atom stereocenters. The molecule has 1 aromatic rings. The summed E-state index contributed by atoms with van der Waals surface area (Å²) < 4.78 is 0. The highest BCUT2D eigenvalue weighted by molar-refractivity contribution is 5.86. The number of nitrogens with one attached hydrogen (secondary N) is 1. The van der Waals surface area contributed by atoms with Crippen LogP contribution in [0.2, 0.25) is 0 Å². The lowest BCUT2D eigenvalue weighted by Crippen LogP contribution is -2.62. The Hall–Kier alpha value is -1.55. The average molecular weight is 247 g/mol. The number of rotatable bonds is 2. The van der Waals surface area contributed by atoms with Gasteiger partial charge in [-0.1, -0.05) is 12.1 Å². The third-order valence-corrected chi connectivity index (χ3v) is 3.80. The van der Waals surface area contributed by atoms with E-state index in [0.717, 1.165) is 12.2 Å². The minimum Gasteiger partial charge on any atom is -0.399 e. The zero-order valence-corrected chi connectivity index (χ0v) is 11.2. The van der Waals surface area contributed by atoms with E-state index in [1.54, 1.807) is 0 Å². The van der Waals surface area contributed by atoms with Crippen LogP contribution in [0.1, 0.15) is 32.4 Å². The molecule has 1 amide bonds. The third-order valence-electron chi connectivity index (χ3n) is 3.80. The van der Waals surface area contributed by atoms with Crippen molar-refractivity contribution in [1.82, 2.24) is 10.2 Å². The van der Waals surface area contributed by atoms with Crippen molar-refractivity contribution in [2.75, 3.05) is 18.8 Å². The van der Waals surface area contributed by atoms with Gasteiger partial charge in [0.25, 0.3) is 0 Å². The van der Waals surface area contributed by atoms with Crippen LogP contribution < -0.4 is 11.1 Å². The summed E-state index contributed by atoms with van der Waals surface area (Å²) in [6.07, 6.45) is 0. The second-order valence-electron chi connectivity index (χ2n) is 5.35. The number of anilines is 1. The molecule has 4 nitrogen and oxygen atoms in total. The van der Waals surface area contributed by atoms with Crippen molar-refractivity contribution in [3.63, 3.8) is 0 Å². The van der Waals surface area contributed by atoms with Crippen molar-refractivity contribution in [2.45, 2.75) is 32.4 Å². The minimum absolute atomic E-state index is 0.0936. The first-order chi connectivity index (χ1) is 8.43. The smallest absolute Gasteiger partial charge is 0.240 e. The van der Waals surface area contributed by atoms with Crippen molar-refractivity contribution >= 4 is 11.6 Å². The van der Waals surface area contributed by atoms with E-state index in [4.69, 9.17) is 5.73 Å². The molecule has 0 aliphatic carbocycles. The highest BCUT2D eigenvalue weighted by Crippen LogP contribution is 2.29. The Balaban J connectivity index is 2.24. The van der Waals surface area contributed by atoms with Gasteiger partial charge in [-0.2, -0.15) is 0 Å². The van der Waals surface area contributed by atoms with Gasteiger partial charge in [-0.3, -0.25) is 9.69 Å². The molecule has 1 heterocycles. The predicted molar refractivity (Wildman–Crippen MR) is 73.1 cm³/mol. The standard InChI is InChI=1S/C14H21N3O/c1-10(11-4-6-12(15)7-5-11)17-9-8-16-13(18)14(17,2)3/h4-7,10H,8-9,15H2,1-3H3,(H,16,18). The number of piperazine rings is 1. The van der Waals surface area contributed by atoms with E-state index in [0.29, 0.717) is 6.54 Å². The largest absolute Gasteiger partial charge is 0.399 e. The lowest BCUT2D eigenvalue weighted by atomic mass is 9.94. The van der Waals surface area contributed by atoms with Gasteiger partial charge in [0.15, 0.2) is 0 Å². The average Bonchev–Trinajstić information content (AvgIpc) is 2.33. The van der Waals surface area contributed by atoms with Gasteiger partial charge in [0.1, 0.15) is 0 Å². The molecule has 0 aromatic heterocycles. The second kappa shape index (κ2) is 4.61. The maximum atomic E-state index is 11.9. The van der Waals surface area contributed by atoms with E-state index in [-0.39, 0.29) is 11.9 Å². The van der Waals surface area contributed by atoms with Crippen LogP contribution in [0.3, 0.4) is 0 Å². The molecular formula is C14H21N3O. The molecule has 0 bridgehead atoms. The van der Waals surface area contributed by atoms with Crippen LogP contribution in [0.25, 0.3) is 0 Å². The summed E-state index contributed by atoms with van der Waals surface area (Å²) in [4.78, 5) is 14.2. The fourth-order valence-electron chi connectivity index (χ4n) is 2.55. The number of hydrogen-bond acceptors (Lipinski definition) is 3. The number of nitrogens with zero attached hydrogens (tertiary/aromatic N) is 1. The molecule has 1 aliphatic heterocycles. The molecule has 4 heteroatoms. The molecule has 98 valence electrons. The van der Waals surface area contributed by atoms with Crippen molar-refractivity contribution in [2.24, 2.45) is 0 Å². The van der Waals surface area contributed by atoms with Crippen LogP contribution >= 0.6 is 0 Å². The first-order valence-corrected chi connectivity index (χ1v) is 6.33. The number of amides is 1. The third kappa shape index (κ3) is 2.20. The van der Waals surface area contributed by atoms with Gasteiger partial charge in [-0.15, -0.1) is 0 Å². The molecule has 1 aromatic carbocycles. The molecule has 0 radical (unpaired) electrons. The summed E-state index contributed by atoms with van der Waals surface area (Å²) in [7, 11) is 0. The van der Waals surface area contributed by atoms with Crippen LogP contribution in [0.5, 0.6) is 0 Å². The van der Waals surface area contributed by atoms with Crippen molar-refractivity contribution < 1.29 is 4.79 Å². The molecule has 2 rings (SSSR count). The van der Waals surface area contributed by atoms with Crippen LogP contribution in [-0.4, -0.2) is 29.4 Å². The Bertz CT molecular complexity index is 439. The molecule has 0 spiro atoms. The summed E-state index contributed by atoms with van der Waals surface area (Å²) >= 11 is 0. The van der Waals surface area contributed by atoms with Gasteiger partial charge in [-0.25, -0.2) is 0 Å². The monoisotopic (exact) mass is 247 g/mol. The Labute approximate surface area is 108 Å². The number of carbonyl (C=O) groups excluding carboxylic acids is 1. The summed E-state index contributed by atoms with van der Waals surface area (Å²) in [5.41, 5.74) is 7.18. The molecular weight excluding hydrogens is 226 g/mol. The minimum atomic E-state index is -0.473. The van der Waals surface area contributed by atoms with Crippen LogP contribution in [0, 0.1) is 0 Å². The van der Waals surface area contributed by atoms with E-state index in [9.17, 15) is 4.79 Å². The molecule has 0 saturated carbocycles. The van der Waals surface area contributed by atoms with Gasteiger partial charge < -0.3 is 11.1 Å². The number of benzene rings is 1. The van der Waals surface area contributed by atoms with E-state index in [1.807, 2.05) is 38.1 Å². The van der Waals surface area contributed by atoms with Crippen LogP contribution in [0.4, 0.5) is 5.69 Å². The molecule has 3 N–H and O–H groups in total. The van der Waals surface area contributed by atoms with E-state index in [2.05, 4.69) is 17.1 Å². The van der Waals surface area contributed by atoms with Crippen LogP contribution in [-0.2, 0) is 4.79 Å².